The van der Waals surface area contributed by atoms with Gasteiger partial charge in [-0.1, -0.05) is 32.9 Å². The Labute approximate surface area is 145 Å². The Morgan fingerprint density at radius 3 is 2.17 bits per heavy atom. The number of hydrogen-bond donors (Lipinski definition) is 3. The van der Waals surface area contributed by atoms with Crippen LogP contribution in [0.2, 0.25) is 0 Å². The minimum absolute atomic E-state index is 0.0479. The molecule has 0 heterocycles. The van der Waals surface area contributed by atoms with Crippen molar-refractivity contribution in [1.82, 2.24) is 16.0 Å². The molecular weight excluding hydrogens is 304 g/mol. The zero-order chi connectivity index (χ0) is 18.0. The molecule has 1 amide bonds. The molecule has 0 fully saturated rings. The van der Waals surface area contributed by atoms with Gasteiger partial charge in [0.05, 0.1) is 7.11 Å². The number of aliphatic imine (C=N–C) groups is 1. The van der Waals surface area contributed by atoms with Crippen molar-refractivity contribution in [3.8, 4) is 5.75 Å². The van der Waals surface area contributed by atoms with Crippen LogP contribution in [0, 0.1) is 5.41 Å². The van der Waals surface area contributed by atoms with E-state index < -0.39 is 0 Å². The predicted molar refractivity (Wildman–Crippen MR) is 98.5 cm³/mol. The molecule has 0 aliphatic carbocycles. The molecule has 1 rings (SSSR count). The van der Waals surface area contributed by atoms with Crippen molar-refractivity contribution in [2.45, 2.75) is 27.2 Å². The smallest absolute Gasteiger partial charge is 0.225 e. The topological polar surface area (TPSA) is 74.8 Å². The highest BCUT2D eigenvalue weighted by Gasteiger charge is 2.20. The predicted octanol–water partition coefficient (Wildman–Crippen LogP) is 1.57. The van der Waals surface area contributed by atoms with E-state index in [1.54, 1.807) is 14.2 Å². The Balaban J connectivity index is 2.24. The molecule has 0 radical (unpaired) electrons. The van der Waals surface area contributed by atoms with Gasteiger partial charge in [0.2, 0.25) is 5.91 Å². The Morgan fingerprint density at radius 2 is 1.62 bits per heavy atom. The molecule has 0 unspecified atom stereocenters. The third-order valence-electron chi connectivity index (χ3n) is 3.47. The number of methoxy groups -OCH3 is 1. The summed E-state index contributed by atoms with van der Waals surface area (Å²) in [6.07, 6.45) is 0.894. The molecule has 6 nitrogen and oxygen atoms in total. The first kappa shape index (κ1) is 19.8. The van der Waals surface area contributed by atoms with E-state index in [2.05, 4.69) is 33.1 Å². The lowest BCUT2D eigenvalue weighted by atomic mass is 9.96. The van der Waals surface area contributed by atoms with Crippen LogP contribution in [-0.4, -0.2) is 45.7 Å². The number of guanidine groups is 1. The average Bonchev–Trinajstić information content (AvgIpc) is 2.56. The van der Waals surface area contributed by atoms with Gasteiger partial charge in [-0.15, -0.1) is 0 Å². The molecule has 24 heavy (non-hydrogen) atoms. The SMILES string of the molecule is CN=C(NCCNC(=O)C(C)(C)C)NCCc1ccc(OC)cc1. The fourth-order valence-electron chi connectivity index (χ4n) is 1.96. The number of carbonyl (C=O) groups is 1. The van der Waals surface area contributed by atoms with E-state index in [-0.39, 0.29) is 11.3 Å². The Bertz CT molecular complexity index is 533. The first-order chi connectivity index (χ1) is 11.4. The molecule has 0 saturated carbocycles. The second-order valence-corrected chi connectivity index (χ2v) is 6.53. The normalized spacial score (nSPS) is 11.8. The lowest BCUT2D eigenvalue weighted by Crippen LogP contribution is -2.43. The minimum Gasteiger partial charge on any atom is -0.497 e. The summed E-state index contributed by atoms with van der Waals surface area (Å²) in [6, 6.07) is 8.03. The van der Waals surface area contributed by atoms with E-state index in [9.17, 15) is 4.79 Å². The van der Waals surface area contributed by atoms with Crippen LogP contribution in [0.5, 0.6) is 5.75 Å². The van der Waals surface area contributed by atoms with Gasteiger partial charge in [0.25, 0.3) is 0 Å². The molecule has 0 saturated heterocycles. The third kappa shape index (κ3) is 7.35. The summed E-state index contributed by atoms with van der Waals surface area (Å²) in [4.78, 5) is 15.9. The quantitative estimate of drug-likeness (QED) is 0.402. The van der Waals surface area contributed by atoms with Crippen LogP contribution in [0.1, 0.15) is 26.3 Å². The number of benzene rings is 1. The van der Waals surface area contributed by atoms with Gasteiger partial charge in [0.1, 0.15) is 5.75 Å². The molecule has 6 heteroatoms. The molecule has 1 aromatic carbocycles. The summed E-state index contributed by atoms with van der Waals surface area (Å²) in [5, 5.41) is 9.34. The number of ether oxygens (including phenoxy) is 1. The van der Waals surface area contributed by atoms with Crippen molar-refractivity contribution in [3.05, 3.63) is 29.8 Å². The van der Waals surface area contributed by atoms with Crippen LogP contribution in [-0.2, 0) is 11.2 Å². The fraction of sp³-hybridized carbons (Fsp3) is 0.556. The molecule has 0 spiro atoms. The number of nitrogens with one attached hydrogen (secondary N) is 3. The molecule has 0 atom stereocenters. The van der Waals surface area contributed by atoms with E-state index >= 15 is 0 Å². The fourth-order valence-corrected chi connectivity index (χ4v) is 1.96. The highest BCUT2D eigenvalue weighted by molar-refractivity contribution is 5.81. The van der Waals surface area contributed by atoms with Gasteiger partial charge < -0.3 is 20.7 Å². The number of rotatable bonds is 7. The second-order valence-electron chi connectivity index (χ2n) is 6.53. The van der Waals surface area contributed by atoms with E-state index in [0.717, 1.165) is 24.7 Å². The Morgan fingerprint density at radius 1 is 1.04 bits per heavy atom. The third-order valence-corrected chi connectivity index (χ3v) is 3.47. The average molecular weight is 334 g/mol. The molecule has 0 aliphatic rings. The zero-order valence-electron chi connectivity index (χ0n) is 15.4. The molecule has 0 aromatic heterocycles. The minimum atomic E-state index is -0.363. The van der Waals surface area contributed by atoms with Gasteiger partial charge in [-0.25, -0.2) is 0 Å². The van der Waals surface area contributed by atoms with Crippen LogP contribution in [0.15, 0.2) is 29.3 Å². The molecule has 0 aliphatic heterocycles. The van der Waals surface area contributed by atoms with Crippen LogP contribution >= 0.6 is 0 Å². The molecule has 3 N–H and O–H groups in total. The van der Waals surface area contributed by atoms with Crippen molar-refractivity contribution in [2.75, 3.05) is 33.8 Å². The van der Waals surface area contributed by atoms with E-state index in [4.69, 9.17) is 4.74 Å². The molecule has 0 bridgehead atoms. The van der Waals surface area contributed by atoms with Gasteiger partial charge in [-0.3, -0.25) is 9.79 Å². The second kappa shape index (κ2) is 9.80. The summed E-state index contributed by atoms with van der Waals surface area (Å²) in [5.74, 6) is 1.64. The van der Waals surface area contributed by atoms with Gasteiger partial charge >= 0.3 is 0 Å². The largest absolute Gasteiger partial charge is 0.497 e. The number of hydrogen-bond acceptors (Lipinski definition) is 3. The van der Waals surface area contributed by atoms with Gasteiger partial charge in [-0.05, 0) is 24.1 Å². The van der Waals surface area contributed by atoms with Gasteiger partial charge in [-0.2, -0.15) is 0 Å². The standard InChI is InChI=1S/C18H30N4O2/c1-18(2,3)16(23)20-12-13-22-17(19-4)21-11-10-14-6-8-15(24-5)9-7-14/h6-9H,10-13H2,1-5H3,(H,20,23)(H2,19,21,22). The number of carbonyl (C=O) groups excluding carboxylic acids is 1. The van der Waals surface area contributed by atoms with Crippen LogP contribution < -0.4 is 20.7 Å². The highest BCUT2D eigenvalue weighted by atomic mass is 16.5. The van der Waals surface area contributed by atoms with Gasteiger partial charge in [0, 0.05) is 32.1 Å². The summed E-state index contributed by atoms with van der Waals surface area (Å²) >= 11 is 0. The zero-order valence-corrected chi connectivity index (χ0v) is 15.4. The summed E-state index contributed by atoms with van der Waals surface area (Å²) in [6.45, 7) is 7.67. The summed E-state index contributed by atoms with van der Waals surface area (Å²) < 4.78 is 5.15. The molecular formula is C18H30N4O2. The van der Waals surface area contributed by atoms with Crippen LogP contribution in [0.3, 0.4) is 0 Å². The van der Waals surface area contributed by atoms with Crippen molar-refractivity contribution in [3.63, 3.8) is 0 Å². The maximum Gasteiger partial charge on any atom is 0.225 e. The maximum atomic E-state index is 11.8. The lowest BCUT2D eigenvalue weighted by Gasteiger charge is -2.18. The van der Waals surface area contributed by atoms with E-state index in [1.165, 1.54) is 5.56 Å². The van der Waals surface area contributed by atoms with Crippen LogP contribution in [0.25, 0.3) is 0 Å². The van der Waals surface area contributed by atoms with Crippen molar-refractivity contribution in [1.29, 1.82) is 0 Å². The van der Waals surface area contributed by atoms with E-state index in [0.29, 0.717) is 13.1 Å². The van der Waals surface area contributed by atoms with Crippen molar-refractivity contribution < 1.29 is 9.53 Å². The first-order valence-corrected chi connectivity index (χ1v) is 8.22. The highest BCUT2D eigenvalue weighted by Crippen LogP contribution is 2.12. The van der Waals surface area contributed by atoms with Crippen LogP contribution in [0.4, 0.5) is 0 Å². The lowest BCUT2D eigenvalue weighted by molar-refractivity contribution is -0.128. The first-order valence-electron chi connectivity index (χ1n) is 8.22. The van der Waals surface area contributed by atoms with Crippen molar-refractivity contribution in [2.24, 2.45) is 10.4 Å². The van der Waals surface area contributed by atoms with Crippen molar-refractivity contribution >= 4 is 11.9 Å². The summed E-state index contributed by atoms with van der Waals surface area (Å²) in [5.41, 5.74) is 0.870. The monoisotopic (exact) mass is 334 g/mol. The maximum absolute atomic E-state index is 11.8. The summed E-state index contributed by atoms with van der Waals surface area (Å²) in [7, 11) is 3.40. The number of amides is 1. The number of nitrogens with zero attached hydrogens (tertiary/aromatic N) is 1. The molecule has 1 aromatic rings. The Hall–Kier alpha value is -2.24. The Kier molecular flexibility index (Phi) is 8.09. The van der Waals surface area contributed by atoms with Gasteiger partial charge in [0.15, 0.2) is 5.96 Å². The molecule has 134 valence electrons. The van der Waals surface area contributed by atoms with E-state index in [1.807, 2.05) is 32.9 Å².